The Balaban J connectivity index is 0.000000845. The molecule has 0 aliphatic carbocycles. The van der Waals surface area contributed by atoms with Crippen molar-refractivity contribution in [2.45, 2.75) is 31.0 Å². The lowest BCUT2D eigenvalue weighted by Gasteiger charge is -2.36. The van der Waals surface area contributed by atoms with Crippen LogP contribution in [-0.4, -0.2) is 48.5 Å². The smallest absolute Gasteiger partial charge is 0.0801 e. The van der Waals surface area contributed by atoms with Crippen molar-refractivity contribution >= 4 is 12.4 Å². The SMILES string of the molecule is CN1CCC2(CC1)CC(O)CO2.Cl. The quantitative estimate of drug-likeness (QED) is 0.634. The van der Waals surface area contributed by atoms with E-state index in [1.807, 2.05) is 0 Å². The number of halogens is 1. The third-order valence-electron chi connectivity index (χ3n) is 3.09. The van der Waals surface area contributed by atoms with Crippen LogP contribution in [0.1, 0.15) is 19.3 Å². The molecule has 2 rings (SSSR count). The molecule has 2 saturated heterocycles. The fourth-order valence-electron chi connectivity index (χ4n) is 2.19. The van der Waals surface area contributed by atoms with Gasteiger partial charge in [-0.05, 0) is 19.9 Å². The summed E-state index contributed by atoms with van der Waals surface area (Å²) in [6.45, 7) is 2.75. The molecule has 1 N–H and O–H groups in total. The third kappa shape index (κ3) is 2.34. The first kappa shape index (κ1) is 11.2. The maximum atomic E-state index is 9.37. The van der Waals surface area contributed by atoms with Gasteiger partial charge < -0.3 is 14.7 Å². The molecule has 0 radical (unpaired) electrons. The first-order chi connectivity index (χ1) is 5.70. The fraction of sp³-hybridized carbons (Fsp3) is 1.00. The van der Waals surface area contributed by atoms with Crippen LogP contribution in [0.25, 0.3) is 0 Å². The van der Waals surface area contributed by atoms with Crippen LogP contribution in [0.5, 0.6) is 0 Å². The second kappa shape index (κ2) is 4.13. The number of hydrogen-bond acceptors (Lipinski definition) is 3. The van der Waals surface area contributed by atoms with E-state index in [0.29, 0.717) is 6.61 Å². The van der Waals surface area contributed by atoms with Gasteiger partial charge in [0.2, 0.25) is 0 Å². The van der Waals surface area contributed by atoms with Crippen molar-refractivity contribution in [1.29, 1.82) is 0 Å². The van der Waals surface area contributed by atoms with Gasteiger partial charge in [-0.15, -0.1) is 12.4 Å². The van der Waals surface area contributed by atoms with E-state index in [0.717, 1.165) is 32.4 Å². The highest BCUT2D eigenvalue weighted by Gasteiger charge is 2.41. The van der Waals surface area contributed by atoms with Gasteiger partial charge in [-0.1, -0.05) is 0 Å². The van der Waals surface area contributed by atoms with Crippen LogP contribution < -0.4 is 0 Å². The van der Waals surface area contributed by atoms with E-state index in [2.05, 4.69) is 11.9 Å². The lowest BCUT2D eigenvalue weighted by molar-refractivity contribution is -0.0401. The molecular formula is C9H18ClNO2. The number of hydrogen-bond donors (Lipinski definition) is 1. The van der Waals surface area contributed by atoms with Crippen LogP contribution in [-0.2, 0) is 4.74 Å². The summed E-state index contributed by atoms with van der Waals surface area (Å²) in [6.07, 6.45) is 2.80. The molecule has 13 heavy (non-hydrogen) atoms. The van der Waals surface area contributed by atoms with Crippen molar-refractivity contribution in [3.63, 3.8) is 0 Å². The largest absolute Gasteiger partial charge is 0.391 e. The predicted molar refractivity (Wildman–Crippen MR) is 53.3 cm³/mol. The number of likely N-dealkylation sites (tertiary alicyclic amines) is 1. The molecule has 0 aromatic rings. The molecular weight excluding hydrogens is 190 g/mol. The first-order valence-electron chi connectivity index (χ1n) is 4.71. The van der Waals surface area contributed by atoms with Crippen molar-refractivity contribution in [1.82, 2.24) is 4.90 Å². The molecule has 4 heteroatoms. The fourth-order valence-corrected chi connectivity index (χ4v) is 2.19. The first-order valence-corrected chi connectivity index (χ1v) is 4.71. The molecule has 1 unspecified atom stereocenters. The topological polar surface area (TPSA) is 32.7 Å². The number of nitrogens with zero attached hydrogens (tertiary/aromatic N) is 1. The van der Waals surface area contributed by atoms with Gasteiger partial charge in [-0.3, -0.25) is 0 Å². The van der Waals surface area contributed by atoms with Gasteiger partial charge in [0.15, 0.2) is 0 Å². The van der Waals surface area contributed by atoms with Crippen molar-refractivity contribution in [3.05, 3.63) is 0 Å². The predicted octanol–water partition coefficient (Wildman–Crippen LogP) is 0.654. The average molecular weight is 208 g/mol. The van der Waals surface area contributed by atoms with E-state index in [-0.39, 0.29) is 24.1 Å². The zero-order valence-electron chi connectivity index (χ0n) is 8.03. The number of ether oxygens (including phenoxy) is 1. The van der Waals surface area contributed by atoms with Crippen LogP contribution in [0.3, 0.4) is 0 Å². The van der Waals surface area contributed by atoms with Crippen LogP contribution in [0, 0.1) is 0 Å². The van der Waals surface area contributed by atoms with Crippen LogP contribution in [0.15, 0.2) is 0 Å². The average Bonchev–Trinajstić information content (AvgIpc) is 2.40. The molecule has 0 amide bonds. The van der Waals surface area contributed by atoms with Crippen molar-refractivity contribution < 1.29 is 9.84 Å². The van der Waals surface area contributed by atoms with E-state index in [1.165, 1.54) is 0 Å². The normalized spacial score (nSPS) is 33.2. The molecule has 78 valence electrons. The second-order valence-electron chi connectivity index (χ2n) is 4.16. The molecule has 2 fully saturated rings. The number of aliphatic hydroxyl groups is 1. The molecule has 3 nitrogen and oxygen atoms in total. The number of piperidine rings is 1. The summed E-state index contributed by atoms with van der Waals surface area (Å²) in [5, 5.41) is 9.37. The monoisotopic (exact) mass is 207 g/mol. The highest BCUT2D eigenvalue weighted by Crippen LogP contribution is 2.35. The Hall–Kier alpha value is 0.170. The molecule has 0 aromatic heterocycles. The Morgan fingerprint density at radius 2 is 2.00 bits per heavy atom. The molecule has 2 heterocycles. The number of rotatable bonds is 0. The Labute approximate surface area is 85.5 Å². The van der Waals surface area contributed by atoms with Gasteiger partial charge in [0.25, 0.3) is 0 Å². The van der Waals surface area contributed by atoms with Gasteiger partial charge >= 0.3 is 0 Å². The van der Waals surface area contributed by atoms with Crippen molar-refractivity contribution in [2.24, 2.45) is 0 Å². The van der Waals surface area contributed by atoms with Gasteiger partial charge in [0, 0.05) is 19.5 Å². The molecule has 0 bridgehead atoms. The Bertz CT molecular complexity index is 169. The maximum absolute atomic E-state index is 9.37. The zero-order chi connectivity index (χ0) is 8.60. The zero-order valence-corrected chi connectivity index (χ0v) is 8.85. The summed E-state index contributed by atoms with van der Waals surface area (Å²) < 4.78 is 5.67. The summed E-state index contributed by atoms with van der Waals surface area (Å²) in [4.78, 5) is 2.32. The van der Waals surface area contributed by atoms with E-state index in [1.54, 1.807) is 0 Å². The molecule has 2 aliphatic heterocycles. The highest BCUT2D eigenvalue weighted by molar-refractivity contribution is 5.85. The van der Waals surface area contributed by atoms with Crippen LogP contribution in [0.2, 0.25) is 0 Å². The van der Waals surface area contributed by atoms with Gasteiger partial charge in [-0.25, -0.2) is 0 Å². The maximum Gasteiger partial charge on any atom is 0.0801 e. The Kier molecular flexibility index (Phi) is 3.57. The van der Waals surface area contributed by atoms with Gasteiger partial charge in [0.05, 0.1) is 18.3 Å². The minimum Gasteiger partial charge on any atom is -0.391 e. The Morgan fingerprint density at radius 1 is 1.38 bits per heavy atom. The van der Waals surface area contributed by atoms with E-state index in [9.17, 15) is 5.11 Å². The third-order valence-corrected chi connectivity index (χ3v) is 3.09. The molecule has 0 aromatic carbocycles. The minimum atomic E-state index is -0.214. The van der Waals surface area contributed by atoms with Gasteiger partial charge in [0.1, 0.15) is 0 Å². The minimum absolute atomic E-state index is 0. The summed E-state index contributed by atoms with van der Waals surface area (Å²) in [5.74, 6) is 0. The van der Waals surface area contributed by atoms with Gasteiger partial charge in [-0.2, -0.15) is 0 Å². The summed E-state index contributed by atoms with van der Waals surface area (Å²) >= 11 is 0. The molecule has 1 atom stereocenters. The van der Waals surface area contributed by atoms with E-state index >= 15 is 0 Å². The van der Waals surface area contributed by atoms with Crippen molar-refractivity contribution in [3.8, 4) is 0 Å². The molecule has 2 aliphatic rings. The Morgan fingerprint density at radius 3 is 2.46 bits per heavy atom. The lowest BCUT2D eigenvalue weighted by Crippen LogP contribution is -2.42. The molecule has 0 saturated carbocycles. The molecule has 1 spiro atoms. The highest BCUT2D eigenvalue weighted by atomic mass is 35.5. The summed E-state index contributed by atoms with van der Waals surface area (Å²) in [7, 11) is 2.14. The number of aliphatic hydroxyl groups excluding tert-OH is 1. The standard InChI is InChI=1S/C9H17NO2.ClH/c1-10-4-2-9(3-5-10)6-8(11)7-12-9;/h8,11H,2-7H2,1H3;1H. The van der Waals surface area contributed by atoms with Crippen molar-refractivity contribution in [2.75, 3.05) is 26.7 Å². The van der Waals surface area contributed by atoms with E-state index < -0.39 is 0 Å². The second-order valence-corrected chi connectivity index (χ2v) is 4.16. The van der Waals surface area contributed by atoms with E-state index in [4.69, 9.17) is 4.74 Å². The van der Waals surface area contributed by atoms with Crippen LogP contribution >= 0.6 is 12.4 Å². The summed E-state index contributed by atoms with van der Waals surface area (Å²) in [6, 6.07) is 0. The van der Waals surface area contributed by atoms with Crippen LogP contribution in [0.4, 0.5) is 0 Å². The lowest BCUT2D eigenvalue weighted by atomic mass is 9.88. The summed E-state index contributed by atoms with van der Waals surface area (Å²) in [5.41, 5.74) is 0.0337.